The summed E-state index contributed by atoms with van der Waals surface area (Å²) in [6.45, 7) is 0.608. The number of hydrogen-bond acceptors (Lipinski definition) is 2. The molecule has 6 heteroatoms. The van der Waals surface area contributed by atoms with Gasteiger partial charge in [-0.05, 0) is 40.6 Å². The summed E-state index contributed by atoms with van der Waals surface area (Å²) in [6, 6.07) is 3.31. The Kier molecular flexibility index (Phi) is 3.78. The number of hydrogen-bond donors (Lipinski definition) is 0. The van der Waals surface area contributed by atoms with Gasteiger partial charge in [0.25, 0.3) is 0 Å². The average Bonchev–Trinajstić information content (AvgIpc) is 2.64. The first-order valence-corrected chi connectivity index (χ1v) is 7.00. The first kappa shape index (κ1) is 12.2. The van der Waals surface area contributed by atoms with E-state index in [1.165, 1.54) is 0 Å². The Hall–Kier alpha value is -0.240. The van der Waals surface area contributed by atoms with Gasteiger partial charge in [0.2, 0.25) is 11.9 Å². The summed E-state index contributed by atoms with van der Waals surface area (Å²) in [5, 5.41) is 0.780. The van der Waals surface area contributed by atoms with E-state index in [0.29, 0.717) is 22.4 Å². The SMILES string of the molecule is O=C1CC(CBr)CN1c1ccc(I)c(F)n1. The maximum Gasteiger partial charge on any atom is 0.228 e. The summed E-state index contributed by atoms with van der Waals surface area (Å²) >= 11 is 5.23. The van der Waals surface area contributed by atoms with Crippen LogP contribution in [-0.2, 0) is 4.79 Å². The Labute approximate surface area is 115 Å². The van der Waals surface area contributed by atoms with Gasteiger partial charge < -0.3 is 0 Å². The second kappa shape index (κ2) is 4.95. The lowest BCUT2D eigenvalue weighted by molar-refractivity contribution is -0.117. The Morgan fingerprint density at radius 1 is 1.62 bits per heavy atom. The number of rotatable bonds is 2. The molecule has 1 amide bonds. The van der Waals surface area contributed by atoms with Gasteiger partial charge in [0.1, 0.15) is 5.82 Å². The lowest BCUT2D eigenvalue weighted by Crippen LogP contribution is -2.26. The molecule has 0 aliphatic carbocycles. The molecule has 1 aliphatic rings. The highest BCUT2D eigenvalue weighted by Crippen LogP contribution is 2.25. The Balaban J connectivity index is 2.24. The van der Waals surface area contributed by atoms with Crippen LogP contribution in [0.4, 0.5) is 10.2 Å². The van der Waals surface area contributed by atoms with E-state index in [4.69, 9.17) is 0 Å². The Morgan fingerprint density at radius 3 is 2.94 bits per heavy atom. The second-order valence-corrected chi connectivity index (χ2v) is 5.48. The van der Waals surface area contributed by atoms with Gasteiger partial charge in [0, 0.05) is 18.3 Å². The van der Waals surface area contributed by atoms with Gasteiger partial charge in [0.05, 0.1) is 3.57 Å². The van der Waals surface area contributed by atoms with Crippen molar-refractivity contribution < 1.29 is 9.18 Å². The number of pyridine rings is 1. The molecule has 86 valence electrons. The molecule has 0 aromatic carbocycles. The molecule has 1 saturated heterocycles. The van der Waals surface area contributed by atoms with Gasteiger partial charge in [-0.2, -0.15) is 4.39 Å². The minimum atomic E-state index is -0.520. The molecule has 0 spiro atoms. The van der Waals surface area contributed by atoms with Crippen molar-refractivity contribution in [3.63, 3.8) is 0 Å². The lowest BCUT2D eigenvalue weighted by Gasteiger charge is -2.15. The summed E-state index contributed by atoms with van der Waals surface area (Å²) in [4.78, 5) is 17.0. The molecule has 2 heterocycles. The normalized spacial score (nSPS) is 20.6. The fourth-order valence-corrected chi connectivity index (χ4v) is 2.40. The van der Waals surface area contributed by atoms with Gasteiger partial charge in [0.15, 0.2) is 0 Å². The van der Waals surface area contributed by atoms with Crippen LogP contribution in [-0.4, -0.2) is 22.8 Å². The van der Waals surface area contributed by atoms with Crippen molar-refractivity contribution in [2.75, 3.05) is 16.8 Å². The molecule has 0 N–H and O–H groups in total. The highest BCUT2D eigenvalue weighted by Gasteiger charge is 2.30. The molecule has 1 unspecified atom stereocenters. The first-order valence-electron chi connectivity index (χ1n) is 4.80. The van der Waals surface area contributed by atoms with Crippen molar-refractivity contribution in [2.24, 2.45) is 5.92 Å². The van der Waals surface area contributed by atoms with Crippen LogP contribution >= 0.6 is 38.5 Å². The number of amides is 1. The zero-order valence-electron chi connectivity index (χ0n) is 8.29. The molecule has 1 atom stereocenters. The maximum absolute atomic E-state index is 13.3. The fraction of sp³-hybridized carbons (Fsp3) is 0.400. The summed E-state index contributed by atoms with van der Waals surface area (Å²) < 4.78 is 13.7. The van der Waals surface area contributed by atoms with Crippen LogP contribution < -0.4 is 4.90 Å². The molecule has 0 saturated carbocycles. The highest BCUT2D eigenvalue weighted by molar-refractivity contribution is 14.1. The summed E-state index contributed by atoms with van der Waals surface area (Å²) in [6.07, 6.45) is 0.501. The summed E-state index contributed by atoms with van der Waals surface area (Å²) in [7, 11) is 0. The summed E-state index contributed by atoms with van der Waals surface area (Å²) in [5.74, 6) is 0.189. The third kappa shape index (κ3) is 2.37. The van der Waals surface area contributed by atoms with E-state index < -0.39 is 5.95 Å². The minimum Gasteiger partial charge on any atom is -0.296 e. The quantitative estimate of drug-likeness (QED) is 0.436. The zero-order valence-corrected chi connectivity index (χ0v) is 12.0. The van der Waals surface area contributed by atoms with Crippen molar-refractivity contribution in [3.8, 4) is 0 Å². The summed E-state index contributed by atoms with van der Waals surface area (Å²) in [5.41, 5.74) is 0. The molecule has 3 nitrogen and oxygen atoms in total. The van der Waals surface area contributed by atoms with Crippen molar-refractivity contribution in [3.05, 3.63) is 21.7 Å². The van der Waals surface area contributed by atoms with Crippen LogP contribution in [0.1, 0.15) is 6.42 Å². The smallest absolute Gasteiger partial charge is 0.228 e. The number of carbonyl (C=O) groups excluding carboxylic acids is 1. The van der Waals surface area contributed by atoms with E-state index in [-0.39, 0.29) is 11.8 Å². The standard InChI is InChI=1S/C10H9BrFIN2O/c11-4-6-3-9(16)15(5-6)8-2-1-7(13)10(12)14-8/h1-2,6H,3-5H2. The molecular weight excluding hydrogens is 390 g/mol. The Bertz CT molecular complexity index is 429. The van der Waals surface area contributed by atoms with Crippen molar-refractivity contribution in [1.29, 1.82) is 0 Å². The maximum atomic E-state index is 13.3. The average molecular weight is 399 g/mol. The number of anilines is 1. The number of nitrogens with zero attached hydrogens (tertiary/aromatic N) is 2. The molecular formula is C10H9BrFIN2O. The molecule has 0 radical (unpaired) electrons. The van der Waals surface area contributed by atoms with Gasteiger partial charge in [-0.25, -0.2) is 4.98 Å². The predicted molar refractivity (Wildman–Crippen MR) is 71.2 cm³/mol. The van der Waals surface area contributed by atoms with Crippen LogP contribution in [0.25, 0.3) is 0 Å². The molecule has 1 aliphatic heterocycles. The lowest BCUT2D eigenvalue weighted by atomic mass is 10.2. The number of aromatic nitrogens is 1. The zero-order chi connectivity index (χ0) is 11.7. The number of halogens is 3. The van der Waals surface area contributed by atoms with Crippen molar-refractivity contribution in [2.45, 2.75) is 6.42 Å². The van der Waals surface area contributed by atoms with E-state index >= 15 is 0 Å². The van der Waals surface area contributed by atoms with Crippen molar-refractivity contribution >= 4 is 50.2 Å². The molecule has 2 rings (SSSR count). The van der Waals surface area contributed by atoms with Crippen LogP contribution in [0.15, 0.2) is 12.1 Å². The minimum absolute atomic E-state index is 0.0116. The van der Waals surface area contributed by atoms with Gasteiger partial charge >= 0.3 is 0 Å². The van der Waals surface area contributed by atoms with Crippen LogP contribution in [0.2, 0.25) is 0 Å². The first-order chi connectivity index (χ1) is 7.61. The van der Waals surface area contributed by atoms with Crippen molar-refractivity contribution in [1.82, 2.24) is 4.98 Å². The van der Waals surface area contributed by atoms with E-state index in [1.807, 2.05) is 22.6 Å². The fourth-order valence-electron chi connectivity index (χ4n) is 1.66. The van der Waals surface area contributed by atoms with Crippen LogP contribution in [0, 0.1) is 15.4 Å². The molecule has 1 aromatic rings. The second-order valence-electron chi connectivity index (χ2n) is 3.67. The Morgan fingerprint density at radius 2 is 2.38 bits per heavy atom. The van der Waals surface area contributed by atoms with Gasteiger partial charge in [-0.1, -0.05) is 15.9 Å². The predicted octanol–water partition coefficient (Wildman–Crippen LogP) is 2.57. The van der Waals surface area contributed by atoms with Gasteiger partial charge in [-0.15, -0.1) is 0 Å². The van der Waals surface area contributed by atoms with Gasteiger partial charge in [-0.3, -0.25) is 9.69 Å². The highest BCUT2D eigenvalue weighted by atomic mass is 127. The molecule has 1 fully saturated rings. The van der Waals surface area contributed by atoms with E-state index in [9.17, 15) is 9.18 Å². The number of alkyl halides is 1. The third-order valence-corrected chi connectivity index (χ3v) is 4.21. The van der Waals surface area contributed by atoms with E-state index in [1.54, 1.807) is 17.0 Å². The van der Waals surface area contributed by atoms with E-state index in [2.05, 4.69) is 20.9 Å². The van der Waals surface area contributed by atoms with E-state index in [0.717, 1.165) is 5.33 Å². The van der Waals surface area contributed by atoms with Crippen LogP contribution in [0.3, 0.4) is 0 Å². The largest absolute Gasteiger partial charge is 0.296 e. The third-order valence-electron chi connectivity index (χ3n) is 2.49. The van der Waals surface area contributed by atoms with Crippen LogP contribution in [0.5, 0.6) is 0 Å². The topological polar surface area (TPSA) is 33.2 Å². The monoisotopic (exact) mass is 398 g/mol. The molecule has 16 heavy (non-hydrogen) atoms. The molecule has 1 aromatic heterocycles. The number of carbonyl (C=O) groups is 1. The molecule has 0 bridgehead atoms.